The zero-order valence-corrected chi connectivity index (χ0v) is 14.9. The number of aryl methyl sites for hydroxylation is 2. The number of hydrogen-bond donors (Lipinski definition) is 0. The van der Waals surface area contributed by atoms with E-state index >= 15 is 0 Å². The van der Waals surface area contributed by atoms with E-state index in [2.05, 4.69) is 18.2 Å². The predicted molar refractivity (Wildman–Crippen MR) is 99.7 cm³/mol. The highest BCUT2D eigenvalue weighted by Gasteiger charge is 2.20. The average molecular weight is 351 g/mol. The summed E-state index contributed by atoms with van der Waals surface area (Å²) in [6, 6.07) is 14.1. The van der Waals surface area contributed by atoms with Crippen molar-refractivity contribution in [3.05, 3.63) is 81.4 Å². The number of amides is 1. The highest BCUT2D eigenvalue weighted by atomic mass is 32.1. The maximum absolute atomic E-state index is 13.2. The SMILES string of the molecule is O=C(c1ccc2c(c1)CCCC2)N(Cc1ccco1)Cc1cccs1. The summed E-state index contributed by atoms with van der Waals surface area (Å²) in [6.45, 7) is 1.09. The van der Waals surface area contributed by atoms with E-state index in [1.165, 1.54) is 28.8 Å². The van der Waals surface area contributed by atoms with E-state index in [4.69, 9.17) is 4.42 Å². The van der Waals surface area contributed by atoms with Gasteiger partial charge in [0.2, 0.25) is 0 Å². The Morgan fingerprint density at radius 2 is 1.92 bits per heavy atom. The molecule has 0 N–H and O–H groups in total. The van der Waals surface area contributed by atoms with Crippen LogP contribution in [0.15, 0.2) is 58.5 Å². The molecule has 0 bridgehead atoms. The second kappa shape index (κ2) is 7.28. The number of fused-ring (bicyclic) bond motifs is 1. The molecule has 4 heteroatoms. The third-order valence-electron chi connectivity index (χ3n) is 4.74. The fraction of sp³-hybridized carbons (Fsp3) is 0.286. The summed E-state index contributed by atoms with van der Waals surface area (Å²) in [4.78, 5) is 16.2. The molecule has 1 amide bonds. The Bertz CT molecular complexity index is 801. The van der Waals surface area contributed by atoms with Gasteiger partial charge >= 0.3 is 0 Å². The first kappa shape index (κ1) is 16.2. The van der Waals surface area contributed by atoms with Gasteiger partial charge in [0.1, 0.15) is 5.76 Å². The molecule has 0 atom stereocenters. The van der Waals surface area contributed by atoms with Crippen molar-refractivity contribution in [1.82, 2.24) is 4.90 Å². The van der Waals surface area contributed by atoms with Crippen LogP contribution in [0.3, 0.4) is 0 Å². The van der Waals surface area contributed by atoms with Crippen molar-refractivity contribution in [2.45, 2.75) is 38.8 Å². The van der Waals surface area contributed by atoms with Crippen LogP contribution in [0.25, 0.3) is 0 Å². The summed E-state index contributed by atoms with van der Waals surface area (Å²) in [7, 11) is 0. The number of hydrogen-bond acceptors (Lipinski definition) is 3. The van der Waals surface area contributed by atoms with Gasteiger partial charge in [-0.05, 0) is 72.5 Å². The minimum atomic E-state index is 0.0678. The molecular formula is C21H21NO2S. The van der Waals surface area contributed by atoms with Crippen LogP contribution >= 0.6 is 11.3 Å². The molecule has 2 heterocycles. The van der Waals surface area contributed by atoms with Gasteiger partial charge in [-0.2, -0.15) is 0 Å². The molecule has 0 saturated carbocycles. The molecule has 1 aliphatic carbocycles. The molecule has 3 nitrogen and oxygen atoms in total. The predicted octanol–water partition coefficient (Wildman–Crippen LogP) is 5.06. The van der Waals surface area contributed by atoms with Crippen molar-refractivity contribution in [1.29, 1.82) is 0 Å². The third-order valence-corrected chi connectivity index (χ3v) is 5.60. The van der Waals surface area contributed by atoms with E-state index in [1.54, 1.807) is 17.6 Å². The standard InChI is InChI=1S/C21H21NO2S/c23-21(18-10-9-16-5-1-2-6-17(16)13-18)22(14-19-7-3-11-24-19)15-20-8-4-12-25-20/h3-4,7-13H,1-2,5-6,14-15H2. The van der Waals surface area contributed by atoms with Crippen molar-refractivity contribution in [3.63, 3.8) is 0 Å². The van der Waals surface area contributed by atoms with E-state index in [-0.39, 0.29) is 5.91 Å². The van der Waals surface area contributed by atoms with Gasteiger partial charge in [-0.25, -0.2) is 0 Å². The van der Waals surface area contributed by atoms with Gasteiger partial charge in [0.15, 0.2) is 0 Å². The first-order valence-corrected chi connectivity index (χ1v) is 9.63. The molecule has 25 heavy (non-hydrogen) atoms. The molecule has 0 radical (unpaired) electrons. The van der Waals surface area contributed by atoms with Gasteiger partial charge in [-0.15, -0.1) is 11.3 Å². The lowest BCUT2D eigenvalue weighted by atomic mass is 9.90. The molecule has 2 aromatic heterocycles. The van der Waals surface area contributed by atoms with E-state index < -0.39 is 0 Å². The number of carbonyl (C=O) groups is 1. The Morgan fingerprint density at radius 3 is 2.68 bits per heavy atom. The van der Waals surface area contributed by atoms with E-state index in [9.17, 15) is 4.79 Å². The Morgan fingerprint density at radius 1 is 1.04 bits per heavy atom. The summed E-state index contributed by atoms with van der Waals surface area (Å²) in [5.41, 5.74) is 3.52. The second-order valence-corrected chi connectivity index (χ2v) is 7.54. The number of carbonyl (C=O) groups excluding carboxylic acids is 1. The smallest absolute Gasteiger partial charge is 0.254 e. The fourth-order valence-corrected chi connectivity index (χ4v) is 4.15. The molecule has 0 aliphatic heterocycles. The Labute approximate surface area is 151 Å². The molecule has 3 aromatic rings. The minimum Gasteiger partial charge on any atom is -0.467 e. The summed E-state index contributed by atoms with van der Waals surface area (Å²) >= 11 is 1.67. The van der Waals surface area contributed by atoms with Crippen molar-refractivity contribution in [3.8, 4) is 0 Å². The van der Waals surface area contributed by atoms with Crippen molar-refractivity contribution in [2.24, 2.45) is 0 Å². The topological polar surface area (TPSA) is 33.5 Å². The molecule has 0 spiro atoms. The zero-order valence-electron chi connectivity index (χ0n) is 14.1. The van der Waals surface area contributed by atoms with Gasteiger partial charge in [0.05, 0.1) is 19.4 Å². The average Bonchev–Trinajstić information content (AvgIpc) is 3.34. The number of nitrogens with zero attached hydrogens (tertiary/aromatic N) is 1. The largest absolute Gasteiger partial charge is 0.467 e. The van der Waals surface area contributed by atoms with Crippen molar-refractivity contribution < 1.29 is 9.21 Å². The second-order valence-electron chi connectivity index (χ2n) is 6.51. The molecular weight excluding hydrogens is 330 g/mol. The highest BCUT2D eigenvalue weighted by Crippen LogP contribution is 2.24. The maximum atomic E-state index is 13.2. The van der Waals surface area contributed by atoms with Crippen molar-refractivity contribution >= 4 is 17.2 Å². The number of rotatable bonds is 5. The molecule has 1 aromatic carbocycles. The summed E-state index contributed by atoms with van der Waals surface area (Å²) in [5.74, 6) is 0.876. The van der Waals surface area contributed by atoms with Crippen LogP contribution in [0, 0.1) is 0 Å². The summed E-state index contributed by atoms with van der Waals surface area (Å²) in [6.07, 6.45) is 6.34. The zero-order chi connectivity index (χ0) is 17.1. The molecule has 1 aliphatic rings. The van der Waals surface area contributed by atoms with E-state index in [0.29, 0.717) is 13.1 Å². The van der Waals surface area contributed by atoms with Gasteiger partial charge in [0.25, 0.3) is 5.91 Å². The van der Waals surface area contributed by atoms with Crippen LogP contribution in [-0.4, -0.2) is 10.8 Å². The van der Waals surface area contributed by atoms with Crippen LogP contribution in [0.4, 0.5) is 0 Å². The number of furan rings is 1. The lowest BCUT2D eigenvalue weighted by molar-refractivity contribution is 0.0719. The quantitative estimate of drug-likeness (QED) is 0.643. The van der Waals surface area contributed by atoms with Crippen LogP contribution < -0.4 is 0 Å². The van der Waals surface area contributed by atoms with Crippen molar-refractivity contribution in [2.75, 3.05) is 0 Å². The lowest BCUT2D eigenvalue weighted by Gasteiger charge is -2.23. The monoisotopic (exact) mass is 351 g/mol. The summed E-state index contributed by atoms with van der Waals surface area (Å²) in [5, 5.41) is 2.05. The first-order valence-electron chi connectivity index (χ1n) is 8.75. The Kier molecular flexibility index (Phi) is 4.70. The normalized spacial score (nSPS) is 13.4. The Hall–Kier alpha value is -2.33. The molecule has 4 rings (SSSR count). The highest BCUT2D eigenvalue weighted by molar-refractivity contribution is 7.09. The number of thiophene rings is 1. The molecule has 0 unspecified atom stereocenters. The summed E-state index contributed by atoms with van der Waals surface area (Å²) < 4.78 is 5.47. The third kappa shape index (κ3) is 3.69. The Balaban J connectivity index is 1.60. The van der Waals surface area contributed by atoms with Gasteiger partial charge < -0.3 is 9.32 Å². The molecule has 0 saturated heterocycles. The maximum Gasteiger partial charge on any atom is 0.254 e. The first-order chi connectivity index (χ1) is 12.3. The fourth-order valence-electron chi connectivity index (χ4n) is 3.43. The lowest BCUT2D eigenvalue weighted by Crippen LogP contribution is -2.30. The van der Waals surface area contributed by atoms with Gasteiger partial charge in [-0.1, -0.05) is 12.1 Å². The van der Waals surface area contributed by atoms with Gasteiger partial charge in [-0.3, -0.25) is 4.79 Å². The number of benzene rings is 1. The van der Waals surface area contributed by atoms with Crippen LogP contribution in [0.1, 0.15) is 45.0 Å². The molecule has 128 valence electrons. The van der Waals surface area contributed by atoms with Gasteiger partial charge in [0, 0.05) is 10.4 Å². The van der Waals surface area contributed by atoms with Crippen LogP contribution in [-0.2, 0) is 25.9 Å². The molecule has 0 fully saturated rings. The van der Waals surface area contributed by atoms with E-state index in [0.717, 1.165) is 24.2 Å². The minimum absolute atomic E-state index is 0.0678. The van der Waals surface area contributed by atoms with Crippen LogP contribution in [0.2, 0.25) is 0 Å². The van der Waals surface area contributed by atoms with E-state index in [1.807, 2.05) is 34.5 Å². The van der Waals surface area contributed by atoms with Crippen LogP contribution in [0.5, 0.6) is 0 Å².